The van der Waals surface area contributed by atoms with Crippen molar-refractivity contribution >= 4 is 40.0 Å². The van der Waals surface area contributed by atoms with E-state index in [0.29, 0.717) is 3.57 Å². The summed E-state index contributed by atoms with van der Waals surface area (Å²) in [6.45, 7) is 0. The molecule has 1 aromatic carbocycles. The number of rotatable bonds is 2. The van der Waals surface area contributed by atoms with Crippen LogP contribution in [-0.2, 0) is 0 Å². The van der Waals surface area contributed by atoms with Gasteiger partial charge >= 0.3 is 0 Å². The Morgan fingerprint density at radius 3 is 2.79 bits per heavy atom. The number of aromatic hydroxyl groups is 1. The molecule has 0 aliphatic rings. The van der Waals surface area contributed by atoms with E-state index in [1.54, 1.807) is 0 Å². The Morgan fingerprint density at radius 1 is 1.64 bits per heavy atom. The largest absolute Gasteiger partial charge is 0.507 e. The molecule has 14 heavy (non-hydrogen) atoms. The summed E-state index contributed by atoms with van der Waals surface area (Å²) in [4.78, 5) is 11.3. The third kappa shape index (κ3) is 1.99. The van der Waals surface area contributed by atoms with Gasteiger partial charge in [0.25, 0.3) is 0 Å². The first kappa shape index (κ1) is 11.3. The highest BCUT2D eigenvalue weighted by molar-refractivity contribution is 14.1. The van der Waals surface area contributed by atoms with Gasteiger partial charge in [-0.05, 0) is 34.7 Å². The van der Waals surface area contributed by atoms with Crippen LogP contribution in [0.3, 0.4) is 0 Å². The molecular weight excluding hydrogens is 316 g/mol. The van der Waals surface area contributed by atoms with E-state index in [1.165, 1.54) is 12.1 Å². The van der Waals surface area contributed by atoms with Crippen molar-refractivity contribution in [2.24, 2.45) is 0 Å². The molecule has 0 amide bonds. The van der Waals surface area contributed by atoms with Crippen LogP contribution in [0, 0.1) is 14.9 Å². The second-order valence-corrected chi connectivity index (χ2v) is 3.84. The molecule has 0 aliphatic carbocycles. The number of nitrogens with zero attached hydrogens (tertiary/aromatic N) is 1. The van der Waals surface area contributed by atoms with E-state index in [-0.39, 0.29) is 28.5 Å². The maximum atomic E-state index is 11.3. The first-order valence-corrected chi connectivity index (χ1v) is 5.24. The van der Waals surface area contributed by atoms with Crippen LogP contribution in [0.15, 0.2) is 12.1 Å². The van der Waals surface area contributed by atoms with Gasteiger partial charge in [-0.1, -0.05) is 0 Å². The molecule has 0 heterocycles. The maximum Gasteiger partial charge on any atom is 0.178 e. The molecule has 1 rings (SSSR count). The summed E-state index contributed by atoms with van der Waals surface area (Å²) in [6.07, 6.45) is 0. The lowest BCUT2D eigenvalue weighted by atomic mass is 10.1. The van der Waals surface area contributed by atoms with Gasteiger partial charge in [0.15, 0.2) is 5.78 Å². The minimum atomic E-state index is -0.318. The number of carbonyl (C=O) groups excluding carboxylic acids is 1. The van der Waals surface area contributed by atoms with Crippen LogP contribution in [0.5, 0.6) is 5.75 Å². The average molecular weight is 322 g/mol. The lowest BCUT2D eigenvalue weighted by Crippen LogP contribution is -2.04. The molecule has 0 aliphatic heterocycles. The van der Waals surface area contributed by atoms with Gasteiger partial charge in [0.2, 0.25) is 0 Å². The molecule has 1 N–H and O–H groups in total. The number of phenolic OH excluding ortho intramolecular Hbond substituents is 1. The molecule has 0 atom stereocenters. The van der Waals surface area contributed by atoms with Crippen LogP contribution < -0.4 is 0 Å². The highest BCUT2D eigenvalue weighted by atomic mass is 127. The molecule has 0 saturated carbocycles. The first-order valence-electron chi connectivity index (χ1n) is 3.62. The van der Waals surface area contributed by atoms with Crippen LogP contribution in [0.2, 0.25) is 0 Å². The smallest absolute Gasteiger partial charge is 0.178 e. The molecule has 72 valence electrons. The van der Waals surface area contributed by atoms with Crippen molar-refractivity contribution in [3.63, 3.8) is 0 Å². The molecule has 0 aromatic heterocycles. The predicted molar refractivity (Wildman–Crippen MR) is 60.6 cm³/mol. The Kier molecular flexibility index (Phi) is 3.72. The van der Waals surface area contributed by atoms with Crippen LogP contribution >= 0.6 is 34.2 Å². The van der Waals surface area contributed by atoms with E-state index < -0.39 is 0 Å². The highest BCUT2D eigenvalue weighted by Gasteiger charge is 2.15. The molecule has 0 unspecified atom stereocenters. The van der Waals surface area contributed by atoms with Gasteiger partial charge in [0, 0.05) is 5.56 Å². The molecule has 0 saturated heterocycles. The van der Waals surface area contributed by atoms with E-state index in [9.17, 15) is 9.90 Å². The Labute approximate surface area is 99.4 Å². The molecule has 0 spiro atoms. The Morgan fingerprint density at radius 2 is 2.29 bits per heavy atom. The van der Waals surface area contributed by atoms with E-state index >= 15 is 0 Å². The normalized spacial score (nSPS) is 9.50. The van der Waals surface area contributed by atoms with E-state index in [1.807, 2.05) is 28.7 Å². The number of carbonyl (C=O) groups is 1. The number of nitriles is 1. The molecule has 0 radical (unpaired) electrons. The zero-order valence-corrected chi connectivity index (χ0v) is 9.83. The lowest BCUT2D eigenvalue weighted by molar-refractivity contribution is 0.102. The van der Waals surface area contributed by atoms with Crippen molar-refractivity contribution in [3.8, 4) is 11.8 Å². The van der Waals surface area contributed by atoms with Gasteiger partial charge < -0.3 is 5.11 Å². The molecule has 0 bridgehead atoms. The summed E-state index contributed by atoms with van der Waals surface area (Å²) >= 11 is 7.20. The fraction of sp³-hybridized carbons (Fsp3) is 0.111. The quantitative estimate of drug-likeness (QED) is 0.516. The third-order valence-corrected chi connectivity index (χ3v) is 2.99. The standard InChI is InChI=1S/C9H5ClINO2/c10-3-8(14)5-1-2-7(13)9(11)6(5)4-12/h1-2,13H,3H2. The van der Waals surface area contributed by atoms with Gasteiger partial charge in [0.1, 0.15) is 11.8 Å². The minimum Gasteiger partial charge on any atom is -0.507 e. The Hall–Kier alpha value is -0.800. The zero-order chi connectivity index (χ0) is 10.7. The van der Waals surface area contributed by atoms with Crippen molar-refractivity contribution in [1.82, 2.24) is 0 Å². The number of ketones is 1. The summed E-state index contributed by atoms with van der Waals surface area (Å²) in [6, 6.07) is 4.65. The number of phenols is 1. The van der Waals surface area contributed by atoms with Gasteiger partial charge in [-0.25, -0.2) is 0 Å². The van der Waals surface area contributed by atoms with Crippen LogP contribution in [-0.4, -0.2) is 16.8 Å². The first-order chi connectivity index (χ1) is 6.61. The summed E-state index contributed by atoms with van der Waals surface area (Å²) in [5, 5.41) is 18.1. The molecule has 5 heteroatoms. The predicted octanol–water partition coefficient (Wildman–Crippen LogP) is 2.29. The van der Waals surface area contributed by atoms with E-state index in [0.717, 1.165) is 0 Å². The molecule has 1 aromatic rings. The molecular formula is C9H5ClINO2. The number of Topliss-reactive ketones (excluding diaryl/α,β-unsaturated/α-hetero) is 1. The van der Waals surface area contributed by atoms with Crippen molar-refractivity contribution in [2.75, 3.05) is 5.88 Å². The second kappa shape index (κ2) is 4.62. The molecule has 3 nitrogen and oxygen atoms in total. The fourth-order valence-electron chi connectivity index (χ4n) is 0.979. The third-order valence-electron chi connectivity index (χ3n) is 1.66. The van der Waals surface area contributed by atoms with Crippen molar-refractivity contribution in [1.29, 1.82) is 5.26 Å². The van der Waals surface area contributed by atoms with Crippen LogP contribution in [0.25, 0.3) is 0 Å². The second-order valence-electron chi connectivity index (χ2n) is 2.49. The average Bonchev–Trinajstić information content (AvgIpc) is 2.20. The van der Waals surface area contributed by atoms with E-state index in [4.69, 9.17) is 16.9 Å². The van der Waals surface area contributed by atoms with Gasteiger partial charge in [-0.3, -0.25) is 4.79 Å². The topological polar surface area (TPSA) is 61.1 Å². The number of hydrogen-bond acceptors (Lipinski definition) is 3. The highest BCUT2D eigenvalue weighted by Crippen LogP contribution is 2.26. The number of alkyl halides is 1. The maximum absolute atomic E-state index is 11.3. The number of benzene rings is 1. The minimum absolute atomic E-state index is 0.00623. The van der Waals surface area contributed by atoms with Crippen molar-refractivity contribution < 1.29 is 9.90 Å². The van der Waals surface area contributed by atoms with E-state index in [2.05, 4.69) is 0 Å². The summed E-state index contributed by atoms with van der Waals surface area (Å²) in [5.74, 6) is -0.496. The Bertz CT molecular complexity index is 426. The number of halogens is 2. The van der Waals surface area contributed by atoms with Crippen LogP contribution in [0.4, 0.5) is 0 Å². The zero-order valence-electron chi connectivity index (χ0n) is 6.92. The number of hydrogen-bond donors (Lipinski definition) is 1. The fourth-order valence-corrected chi connectivity index (χ4v) is 1.71. The van der Waals surface area contributed by atoms with Gasteiger partial charge in [-0.15, -0.1) is 11.6 Å². The van der Waals surface area contributed by atoms with Crippen LogP contribution in [0.1, 0.15) is 15.9 Å². The summed E-state index contributed by atoms with van der Waals surface area (Å²) in [5.41, 5.74) is 0.431. The summed E-state index contributed by atoms with van der Waals surface area (Å²) < 4.78 is 0.376. The van der Waals surface area contributed by atoms with Gasteiger partial charge in [-0.2, -0.15) is 5.26 Å². The monoisotopic (exact) mass is 321 g/mol. The Balaban J connectivity index is 3.40. The SMILES string of the molecule is N#Cc1c(C(=O)CCl)ccc(O)c1I. The van der Waals surface area contributed by atoms with Crippen molar-refractivity contribution in [2.45, 2.75) is 0 Å². The summed E-state index contributed by atoms with van der Waals surface area (Å²) in [7, 11) is 0. The van der Waals surface area contributed by atoms with Gasteiger partial charge in [0.05, 0.1) is 15.0 Å². The van der Waals surface area contributed by atoms with Crippen molar-refractivity contribution in [3.05, 3.63) is 26.8 Å². The lowest BCUT2D eigenvalue weighted by Gasteiger charge is -2.04. The molecule has 0 fully saturated rings.